The molecule has 2 heterocycles. The first kappa shape index (κ1) is 36.8. The highest BCUT2D eigenvalue weighted by Crippen LogP contribution is 2.48. The van der Waals surface area contributed by atoms with Gasteiger partial charge < -0.3 is 24.4 Å². The molecule has 2 aromatic carbocycles. The predicted octanol–water partition coefficient (Wildman–Crippen LogP) is 6.35. The summed E-state index contributed by atoms with van der Waals surface area (Å²) >= 11 is 6.47. The van der Waals surface area contributed by atoms with E-state index in [9.17, 15) is 9.00 Å². The van der Waals surface area contributed by atoms with Crippen molar-refractivity contribution in [2.75, 3.05) is 58.5 Å². The molecule has 0 aromatic heterocycles. The minimum absolute atomic E-state index is 0.0687. The average Bonchev–Trinajstić information content (AvgIpc) is 3.51. The lowest BCUT2D eigenvalue weighted by Crippen LogP contribution is -2.49. The van der Waals surface area contributed by atoms with Crippen molar-refractivity contribution in [3.8, 4) is 5.75 Å². The minimum Gasteiger partial charge on any atom is -0.490 e. The normalized spacial score (nSPS) is 28.8. The highest BCUT2D eigenvalue weighted by atomic mass is 35.5. The maximum absolute atomic E-state index is 12.4. The zero-order chi connectivity index (χ0) is 34.5. The molecule has 49 heavy (non-hydrogen) atoms. The fourth-order valence-corrected chi connectivity index (χ4v) is 10.1. The van der Waals surface area contributed by atoms with Crippen LogP contribution in [-0.4, -0.2) is 81.5 Å². The van der Waals surface area contributed by atoms with Crippen LogP contribution in [0.5, 0.6) is 5.75 Å². The molecule has 1 saturated carbocycles. The third-order valence-corrected chi connectivity index (χ3v) is 14.0. The number of aryl methyl sites for hydroxylation is 1. The summed E-state index contributed by atoms with van der Waals surface area (Å²) in [6, 6.07) is 12.3. The topological polar surface area (TPSA) is 89.1 Å². The van der Waals surface area contributed by atoms with E-state index in [2.05, 4.69) is 40.9 Å². The number of carbonyl (C=O) groups is 1. The van der Waals surface area contributed by atoms with E-state index in [4.69, 9.17) is 25.8 Å². The first-order chi connectivity index (χ1) is 23.7. The van der Waals surface area contributed by atoms with Gasteiger partial charge in [-0.2, -0.15) is 0 Å². The summed E-state index contributed by atoms with van der Waals surface area (Å²) in [5.74, 6) is 2.72. The van der Waals surface area contributed by atoms with Gasteiger partial charge in [-0.1, -0.05) is 31.0 Å². The van der Waals surface area contributed by atoms with Gasteiger partial charge in [0.1, 0.15) is 12.0 Å². The zero-order valence-electron chi connectivity index (χ0n) is 29.8. The number of fused-ring (bicyclic) bond motifs is 3. The number of carbonyl (C=O) groups excluding carboxylic acids is 1. The highest BCUT2D eigenvalue weighted by molar-refractivity contribution is 7.83. The lowest BCUT2D eigenvalue weighted by atomic mass is 9.65. The van der Waals surface area contributed by atoms with Crippen LogP contribution in [0.4, 0.5) is 5.69 Å². The second-order valence-corrected chi connectivity index (χ2v) is 17.3. The van der Waals surface area contributed by atoms with E-state index < -0.39 is 11.0 Å². The maximum atomic E-state index is 12.4. The molecule has 2 N–H and O–H groups in total. The van der Waals surface area contributed by atoms with Crippen molar-refractivity contribution < 1.29 is 23.2 Å². The molecule has 2 aliphatic heterocycles. The molecule has 0 amide bonds. The Kier molecular flexibility index (Phi) is 12.4. The Labute approximate surface area is 300 Å². The maximum Gasteiger partial charge on any atom is 0.150 e. The minimum atomic E-state index is -1.02. The van der Waals surface area contributed by atoms with E-state index in [1.165, 1.54) is 24.0 Å². The number of hydrogen-bond donors (Lipinski definition) is 2. The summed E-state index contributed by atoms with van der Waals surface area (Å²) in [6.45, 7) is 9.07. The monoisotopic (exact) mass is 713 g/mol. The van der Waals surface area contributed by atoms with Crippen LogP contribution in [0, 0.1) is 23.7 Å². The number of aldehydes is 1. The van der Waals surface area contributed by atoms with Crippen molar-refractivity contribution in [2.45, 2.75) is 88.1 Å². The molecule has 0 bridgehead atoms. The molecule has 4 aliphatic rings. The Morgan fingerprint density at radius 2 is 2.00 bits per heavy atom. The molecule has 2 aliphatic carbocycles. The van der Waals surface area contributed by atoms with Crippen LogP contribution in [0.2, 0.25) is 5.02 Å². The molecule has 1 saturated heterocycles. The van der Waals surface area contributed by atoms with Crippen molar-refractivity contribution in [3.63, 3.8) is 0 Å². The third kappa shape index (κ3) is 8.23. The van der Waals surface area contributed by atoms with E-state index in [-0.39, 0.29) is 22.9 Å². The summed E-state index contributed by atoms with van der Waals surface area (Å²) in [4.78, 5) is 14.5. The quantitative estimate of drug-likeness (QED) is 0.208. The number of hydrogen-bond acceptors (Lipinski definition) is 7. The number of anilines is 1. The molecule has 8 nitrogen and oxygen atoms in total. The van der Waals surface area contributed by atoms with Crippen molar-refractivity contribution >= 4 is 34.6 Å². The molecular weight excluding hydrogens is 658 g/mol. The van der Waals surface area contributed by atoms with E-state index in [1.54, 1.807) is 14.2 Å². The molecule has 0 radical (unpaired) electrons. The zero-order valence-corrected chi connectivity index (χ0v) is 31.3. The largest absolute Gasteiger partial charge is 0.490 e. The number of nitrogens with zero attached hydrogens (tertiary/aromatic N) is 1. The molecule has 2 aromatic rings. The molecule has 1 spiro atoms. The van der Waals surface area contributed by atoms with Gasteiger partial charge in [0.25, 0.3) is 0 Å². The molecule has 2 fully saturated rings. The van der Waals surface area contributed by atoms with Gasteiger partial charge in [0.05, 0.1) is 42.1 Å². The molecule has 10 heteroatoms. The van der Waals surface area contributed by atoms with Crippen LogP contribution in [0.3, 0.4) is 0 Å². The van der Waals surface area contributed by atoms with Crippen LogP contribution in [0.15, 0.2) is 36.4 Å². The highest BCUT2D eigenvalue weighted by Gasteiger charge is 2.44. The average molecular weight is 714 g/mol. The summed E-state index contributed by atoms with van der Waals surface area (Å²) in [7, 11) is 2.53. The van der Waals surface area contributed by atoms with Gasteiger partial charge in [0.15, 0.2) is 0 Å². The first-order valence-electron chi connectivity index (χ1n) is 18.4. The van der Waals surface area contributed by atoms with Gasteiger partial charge in [-0.3, -0.25) is 4.79 Å². The van der Waals surface area contributed by atoms with E-state index >= 15 is 0 Å². The van der Waals surface area contributed by atoms with Gasteiger partial charge in [-0.25, -0.2) is 8.93 Å². The SMILES string of the molecule is CNS(=O)C(C)C(C)CCC[C@@H](COC1CNCC1OC)C1CCC1CN1C[C@@]2(CCCc3cc(Cl)ccc32)COc2ccc(C=O)cc21. The van der Waals surface area contributed by atoms with Gasteiger partial charge in [-0.15, -0.1) is 0 Å². The van der Waals surface area contributed by atoms with E-state index in [1.807, 2.05) is 24.3 Å². The van der Waals surface area contributed by atoms with Crippen molar-refractivity contribution in [1.82, 2.24) is 10.0 Å². The number of benzene rings is 2. The van der Waals surface area contributed by atoms with Crippen LogP contribution in [0.1, 0.15) is 80.3 Å². The Hall–Kier alpha value is -2.01. The number of nitrogens with one attached hydrogen (secondary N) is 2. The Morgan fingerprint density at radius 1 is 1.16 bits per heavy atom. The fraction of sp³-hybridized carbons (Fsp3) is 0.667. The van der Waals surface area contributed by atoms with Crippen LogP contribution >= 0.6 is 11.6 Å². The molecule has 7 unspecified atom stereocenters. The van der Waals surface area contributed by atoms with Gasteiger partial charge in [-0.05, 0) is 124 Å². The van der Waals surface area contributed by atoms with Crippen molar-refractivity contribution in [2.24, 2.45) is 23.7 Å². The second kappa shape index (κ2) is 16.6. The Morgan fingerprint density at radius 3 is 2.76 bits per heavy atom. The molecule has 270 valence electrons. The number of ether oxygens (including phenoxy) is 3. The van der Waals surface area contributed by atoms with E-state index in [0.717, 1.165) is 94.1 Å². The standard InChI is InChI=1S/C39H56ClN3O5S/c1-26(27(2)49(45)41-3)7-5-8-31(23-47-38-20-42-19-37(38)46-4)33-13-11-30(33)21-43-24-39(16-6-9-29-18-32(40)12-14-34(29)39)25-48-36-15-10-28(22-44)17-35(36)43/h10,12,14-15,17-18,22,26-27,30-31,33,37-38,41-42H,5-9,11,13,16,19-21,23-25H2,1-4H3/t26?,27?,30?,31-,33?,37?,38?,39-,49?/m0/s1. The number of rotatable bonds is 15. The van der Waals surface area contributed by atoms with Gasteiger partial charge in [0, 0.05) is 54.5 Å². The predicted molar refractivity (Wildman–Crippen MR) is 198 cm³/mol. The summed E-state index contributed by atoms with van der Waals surface area (Å²) in [5, 5.41) is 4.33. The second-order valence-electron chi connectivity index (χ2n) is 15.1. The molecular formula is C39H56ClN3O5S. The van der Waals surface area contributed by atoms with Crippen LogP contribution < -0.4 is 19.7 Å². The number of halogens is 1. The summed E-state index contributed by atoms with van der Waals surface area (Å²) in [5.41, 5.74) is 4.25. The molecule has 6 rings (SSSR count). The lowest BCUT2D eigenvalue weighted by molar-refractivity contribution is -0.0598. The fourth-order valence-electron chi connectivity index (χ4n) is 8.96. The summed E-state index contributed by atoms with van der Waals surface area (Å²) in [6.07, 6.45) is 9.89. The number of methoxy groups -OCH3 is 1. The van der Waals surface area contributed by atoms with Crippen LogP contribution in [0.25, 0.3) is 0 Å². The summed E-state index contributed by atoms with van der Waals surface area (Å²) < 4.78 is 34.4. The van der Waals surface area contributed by atoms with Gasteiger partial charge >= 0.3 is 0 Å². The third-order valence-electron chi connectivity index (χ3n) is 12.2. The lowest BCUT2D eigenvalue weighted by Gasteiger charge is -2.47. The van der Waals surface area contributed by atoms with Gasteiger partial charge in [0.2, 0.25) is 0 Å². The van der Waals surface area contributed by atoms with Crippen molar-refractivity contribution in [3.05, 3.63) is 58.1 Å². The Balaban J connectivity index is 1.22. The first-order valence-corrected chi connectivity index (χ1v) is 20.0. The smallest absolute Gasteiger partial charge is 0.150 e. The molecule has 9 atom stereocenters. The van der Waals surface area contributed by atoms with Crippen LogP contribution in [-0.2, 0) is 32.3 Å². The van der Waals surface area contributed by atoms with E-state index in [0.29, 0.717) is 35.8 Å². The Bertz CT molecular complexity index is 1460. The van der Waals surface area contributed by atoms with Crippen molar-refractivity contribution in [1.29, 1.82) is 0 Å².